The Morgan fingerprint density at radius 3 is 2.00 bits per heavy atom. The van der Waals surface area contributed by atoms with E-state index in [0.717, 1.165) is 31.6 Å². The van der Waals surface area contributed by atoms with Crippen molar-refractivity contribution >= 4 is 21.7 Å². The third kappa shape index (κ3) is 3.12. The van der Waals surface area contributed by atoms with E-state index in [4.69, 9.17) is 10.7 Å². The first-order valence-electron chi connectivity index (χ1n) is 7.10. The summed E-state index contributed by atoms with van der Waals surface area (Å²) in [5, 5.41) is 0. The predicted octanol–water partition coefficient (Wildman–Crippen LogP) is 5.74. The average molecular weight is 279 g/mol. The van der Waals surface area contributed by atoms with Crippen LogP contribution in [0.25, 0.3) is 0 Å². The van der Waals surface area contributed by atoms with E-state index >= 15 is 0 Å². The molecule has 0 bridgehead atoms. The van der Waals surface area contributed by atoms with Crippen molar-refractivity contribution in [2.45, 2.75) is 75.6 Å². The van der Waals surface area contributed by atoms with Crippen LogP contribution in [0.5, 0.6) is 0 Å². The fourth-order valence-corrected chi connectivity index (χ4v) is 5.24. The highest BCUT2D eigenvalue weighted by Gasteiger charge is 2.43. The van der Waals surface area contributed by atoms with Gasteiger partial charge in [0.2, 0.25) is 0 Å². The van der Waals surface area contributed by atoms with Crippen LogP contribution in [0.2, 0.25) is 0 Å². The Balaban J connectivity index is 2.01. The van der Waals surface area contributed by atoms with E-state index in [1.807, 2.05) is 0 Å². The molecule has 1 unspecified atom stereocenters. The van der Waals surface area contributed by atoms with E-state index in [2.05, 4.69) is 6.92 Å². The van der Waals surface area contributed by atoms with Crippen LogP contribution < -0.4 is 0 Å². The van der Waals surface area contributed by atoms with Gasteiger partial charge in [-0.05, 0) is 78.9 Å². The number of hydrogen-bond donors (Lipinski definition) is 0. The van der Waals surface area contributed by atoms with Gasteiger partial charge in [0.25, 0.3) is 0 Å². The summed E-state index contributed by atoms with van der Waals surface area (Å²) < 4.78 is 13.4. The van der Waals surface area contributed by atoms with Crippen LogP contribution in [-0.2, 0) is 0 Å². The van der Waals surface area contributed by atoms with Crippen molar-refractivity contribution < 1.29 is 4.39 Å². The minimum Gasteiger partial charge on any atom is -0.247 e. The van der Waals surface area contributed by atoms with Crippen molar-refractivity contribution in [3.63, 3.8) is 0 Å². The number of alkyl halides is 1. The van der Waals surface area contributed by atoms with Crippen LogP contribution >= 0.6 is 21.7 Å². The molecule has 0 amide bonds. The average Bonchev–Trinajstić information content (AvgIpc) is 2.40. The second-order valence-electron chi connectivity index (χ2n) is 6.04. The lowest BCUT2D eigenvalue weighted by atomic mass is 9.69. The molecule has 2 fully saturated rings. The first-order chi connectivity index (χ1) is 8.16. The van der Waals surface area contributed by atoms with Gasteiger partial charge in [0.1, 0.15) is 6.17 Å². The number of hydrogen-bond acceptors (Lipinski definition) is 1. The molecule has 2 aliphatic rings. The largest absolute Gasteiger partial charge is 0.247 e. The highest BCUT2D eigenvalue weighted by molar-refractivity contribution is 8.22. The molecule has 0 spiro atoms. The Morgan fingerprint density at radius 1 is 0.941 bits per heavy atom. The van der Waals surface area contributed by atoms with E-state index in [1.165, 1.54) is 43.1 Å². The van der Waals surface area contributed by atoms with E-state index < -0.39 is 6.17 Å². The molecule has 2 aliphatic carbocycles. The molecule has 0 N–H and O–H groups in total. The molecule has 0 radical (unpaired) electrons. The molecule has 0 nitrogen and oxygen atoms in total. The first kappa shape index (κ1) is 14.0. The first-order valence-corrected chi connectivity index (χ1v) is 8.75. The maximum absolute atomic E-state index is 13.3. The van der Waals surface area contributed by atoms with Crippen molar-refractivity contribution in [1.82, 2.24) is 0 Å². The maximum Gasteiger partial charge on any atom is 0.100 e. The van der Waals surface area contributed by atoms with Gasteiger partial charge in [0.15, 0.2) is 0 Å². The molecular weight excluding hydrogens is 255 g/mol. The van der Waals surface area contributed by atoms with Crippen molar-refractivity contribution in [2.75, 3.05) is 0 Å². The summed E-state index contributed by atoms with van der Waals surface area (Å²) in [6.45, 7) is 2.34. The molecule has 2 rings (SSSR count). The SMILES string of the molecule is CC(SCl)(C1CCCCC1)C1CCC(F)CC1. The minimum absolute atomic E-state index is 0.183. The minimum atomic E-state index is -0.554. The highest BCUT2D eigenvalue weighted by atomic mass is 35.7. The predicted molar refractivity (Wildman–Crippen MR) is 75.3 cm³/mol. The fourth-order valence-electron chi connectivity index (χ4n) is 3.76. The third-order valence-corrected chi connectivity index (χ3v) is 7.05. The van der Waals surface area contributed by atoms with Crippen LogP contribution in [-0.4, -0.2) is 10.9 Å². The molecule has 2 saturated carbocycles. The molecule has 1 atom stereocenters. The second-order valence-corrected chi connectivity index (χ2v) is 7.54. The third-order valence-electron chi connectivity index (χ3n) is 5.05. The molecule has 0 saturated heterocycles. The Kier molecular flexibility index (Phi) is 5.06. The summed E-state index contributed by atoms with van der Waals surface area (Å²) in [7, 11) is 7.77. The van der Waals surface area contributed by atoms with E-state index in [1.54, 1.807) is 0 Å². The lowest BCUT2D eigenvalue weighted by Gasteiger charge is -2.45. The molecule has 0 heterocycles. The van der Waals surface area contributed by atoms with E-state index in [9.17, 15) is 4.39 Å². The zero-order valence-corrected chi connectivity index (χ0v) is 12.3. The van der Waals surface area contributed by atoms with Gasteiger partial charge in [0.05, 0.1) is 0 Å². The summed E-state index contributed by atoms with van der Waals surface area (Å²) in [4.78, 5) is 0. The van der Waals surface area contributed by atoms with Gasteiger partial charge in [-0.2, -0.15) is 0 Å². The van der Waals surface area contributed by atoms with Crippen molar-refractivity contribution in [2.24, 2.45) is 11.8 Å². The summed E-state index contributed by atoms with van der Waals surface area (Å²) in [5.41, 5.74) is 0. The zero-order chi connectivity index (χ0) is 12.3. The van der Waals surface area contributed by atoms with Crippen LogP contribution in [0.3, 0.4) is 0 Å². The fraction of sp³-hybridized carbons (Fsp3) is 1.00. The Morgan fingerprint density at radius 2 is 1.47 bits per heavy atom. The summed E-state index contributed by atoms with van der Waals surface area (Å²) in [6.07, 6.45) is 9.78. The lowest BCUT2D eigenvalue weighted by molar-refractivity contribution is 0.145. The van der Waals surface area contributed by atoms with Gasteiger partial charge in [0, 0.05) is 4.75 Å². The quantitative estimate of drug-likeness (QED) is 0.634. The second kappa shape index (κ2) is 6.14. The Labute approximate surface area is 114 Å². The van der Waals surface area contributed by atoms with Crippen molar-refractivity contribution in [1.29, 1.82) is 0 Å². The molecule has 0 aromatic carbocycles. The normalized spacial score (nSPS) is 35.5. The standard InChI is InChI=1S/C14H24ClFS/c1-14(17-15,11-5-3-2-4-6-11)12-7-9-13(16)10-8-12/h11-13H,2-10H2,1H3. The topological polar surface area (TPSA) is 0 Å². The van der Waals surface area contributed by atoms with Crippen LogP contribution in [0.1, 0.15) is 64.7 Å². The Bertz CT molecular complexity index is 234. The van der Waals surface area contributed by atoms with Gasteiger partial charge in [-0.3, -0.25) is 0 Å². The molecule has 0 aliphatic heterocycles. The molecule has 0 aromatic rings. The molecule has 100 valence electrons. The molecular formula is C14H24ClFS. The van der Waals surface area contributed by atoms with Crippen LogP contribution in [0.15, 0.2) is 0 Å². The zero-order valence-electron chi connectivity index (χ0n) is 10.8. The van der Waals surface area contributed by atoms with Gasteiger partial charge in [-0.1, -0.05) is 19.3 Å². The summed E-state index contributed by atoms with van der Waals surface area (Å²) >= 11 is 0. The number of halogens is 2. The summed E-state index contributed by atoms with van der Waals surface area (Å²) in [5.74, 6) is 1.38. The smallest absolute Gasteiger partial charge is 0.100 e. The Hall–Kier alpha value is 0.570. The lowest BCUT2D eigenvalue weighted by Crippen LogP contribution is -2.41. The van der Waals surface area contributed by atoms with Gasteiger partial charge < -0.3 is 0 Å². The van der Waals surface area contributed by atoms with Gasteiger partial charge in [-0.25, -0.2) is 4.39 Å². The monoisotopic (exact) mass is 278 g/mol. The number of rotatable bonds is 3. The maximum atomic E-state index is 13.3. The van der Waals surface area contributed by atoms with E-state index in [0.29, 0.717) is 5.92 Å². The van der Waals surface area contributed by atoms with Crippen molar-refractivity contribution in [3.8, 4) is 0 Å². The molecule has 3 heteroatoms. The molecule has 17 heavy (non-hydrogen) atoms. The van der Waals surface area contributed by atoms with Crippen LogP contribution in [0.4, 0.5) is 4.39 Å². The van der Waals surface area contributed by atoms with E-state index in [-0.39, 0.29) is 4.75 Å². The van der Waals surface area contributed by atoms with Crippen molar-refractivity contribution in [3.05, 3.63) is 0 Å². The highest BCUT2D eigenvalue weighted by Crippen LogP contribution is 2.51. The van der Waals surface area contributed by atoms with Gasteiger partial charge >= 0.3 is 0 Å². The molecule has 0 aromatic heterocycles. The summed E-state index contributed by atoms with van der Waals surface area (Å²) in [6, 6.07) is 0. The van der Waals surface area contributed by atoms with Gasteiger partial charge in [-0.15, -0.1) is 0 Å². The van der Waals surface area contributed by atoms with Crippen LogP contribution in [0, 0.1) is 11.8 Å².